The number of hydrogen-bond donors (Lipinski definition) is 8. The number of carboxylic acid groups (broad SMARTS) is 1. The van der Waals surface area contributed by atoms with Crippen LogP contribution in [0.2, 0.25) is 0 Å². The highest BCUT2D eigenvalue weighted by Gasteiger charge is 2.30. The number of thiol groups is 1. The van der Waals surface area contributed by atoms with Gasteiger partial charge >= 0.3 is 5.97 Å². The zero-order valence-corrected chi connectivity index (χ0v) is 20.5. The molecule has 1 aromatic carbocycles. The van der Waals surface area contributed by atoms with E-state index in [-0.39, 0.29) is 18.6 Å². The van der Waals surface area contributed by atoms with Crippen molar-refractivity contribution in [2.45, 2.75) is 56.8 Å². The standard InChI is InChI=1S/C23H34N6O5S/c1-13(25)20(30)29-19(12-35)22(32)28-18(10-14-11-26-16-7-3-2-6-15(14)16)21(31)27-17(23(33)34)8-4-5-9-24/h2-3,6-7,11,13,17-19,26,35H,4-5,8-10,12,24-25H2,1H3,(H,27,31)(H,28,32)(H,29,30)(H,33,34). The van der Waals surface area contributed by atoms with Crippen molar-refractivity contribution in [2.75, 3.05) is 12.3 Å². The van der Waals surface area contributed by atoms with E-state index in [1.54, 1.807) is 6.20 Å². The quantitative estimate of drug-likeness (QED) is 0.127. The van der Waals surface area contributed by atoms with Crippen molar-refractivity contribution in [1.82, 2.24) is 20.9 Å². The van der Waals surface area contributed by atoms with E-state index in [1.807, 2.05) is 24.3 Å². The highest BCUT2D eigenvalue weighted by atomic mass is 32.1. The predicted octanol–water partition coefficient (Wildman–Crippen LogP) is -0.345. The average Bonchev–Trinajstić information content (AvgIpc) is 3.23. The number of benzene rings is 1. The van der Waals surface area contributed by atoms with Crippen molar-refractivity contribution in [2.24, 2.45) is 11.5 Å². The molecule has 35 heavy (non-hydrogen) atoms. The van der Waals surface area contributed by atoms with Gasteiger partial charge in [-0.25, -0.2) is 4.79 Å². The van der Waals surface area contributed by atoms with Crippen LogP contribution in [-0.4, -0.2) is 70.2 Å². The summed E-state index contributed by atoms with van der Waals surface area (Å²) >= 11 is 4.13. The third-order valence-electron chi connectivity index (χ3n) is 5.52. The minimum absolute atomic E-state index is 0.0252. The minimum atomic E-state index is -1.18. The van der Waals surface area contributed by atoms with Gasteiger partial charge in [-0.05, 0) is 44.4 Å². The molecule has 1 aromatic heterocycles. The molecule has 12 heteroatoms. The third kappa shape index (κ3) is 8.26. The van der Waals surface area contributed by atoms with Crippen LogP contribution in [0.1, 0.15) is 31.7 Å². The number of para-hydroxylation sites is 1. The molecule has 192 valence electrons. The average molecular weight is 507 g/mol. The third-order valence-corrected chi connectivity index (χ3v) is 5.89. The smallest absolute Gasteiger partial charge is 0.326 e. The van der Waals surface area contributed by atoms with E-state index in [2.05, 4.69) is 33.6 Å². The van der Waals surface area contributed by atoms with Crippen LogP contribution in [0.25, 0.3) is 10.9 Å². The zero-order valence-electron chi connectivity index (χ0n) is 19.6. The molecule has 2 rings (SSSR count). The summed E-state index contributed by atoms with van der Waals surface area (Å²) in [6.45, 7) is 1.89. The number of H-pyrrole nitrogens is 1. The second kappa shape index (κ2) is 13.7. The molecule has 0 spiro atoms. The van der Waals surface area contributed by atoms with Gasteiger partial charge in [0.15, 0.2) is 0 Å². The molecule has 2 aromatic rings. The molecule has 4 unspecified atom stereocenters. The Balaban J connectivity index is 2.25. The summed E-state index contributed by atoms with van der Waals surface area (Å²) in [5.41, 5.74) is 12.7. The number of fused-ring (bicyclic) bond motifs is 1. The van der Waals surface area contributed by atoms with E-state index in [0.29, 0.717) is 19.4 Å². The van der Waals surface area contributed by atoms with Crippen LogP contribution in [0.15, 0.2) is 30.5 Å². The number of nitrogens with one attached hydrogen (secondary N) is 4. The van der Waals surface area contributed by atoms with Crippen molar-refractivity contribution < 1.29 is 24.3 Å². The molecule has 9 N–H and O–H groups in total. The summed E-state index contributed by atoms with van der Waals surface area (Å²) in [6, 6.07) is 3.38. The monoisotopic (exact) mass is 506 g/mol. The van der Waals surface area contributed by atoms with Gasteiger partial charge in [0.2, 0.25) is 17.7 Å². The number of aromatic amines is 1. The van der Waals surface area contributed by atoms with Crippen molar-refractivity contribution >= 4 is 47.2 Å². The molecule has 0 bridgehead atoms. The maximum Gasteiger partial charge on any atom is 0.326 e. The van der Waals surface area contributed by atoms with Crippen LogP contribution in [-0.2, 0) is 25.6 Å². The summed E-state index contributed by atoms with van der Waals surface area (Å²) in [5.74, 6) is -3.03. The number of aliphatic carboxylic acids is 1. The van der Waals surface area contributed by atoms with E-state index in [1.165, 1.54) is 6.92 Å². The Morgan fingerprint density at radius 1 is 1.00 bits per heavy atom. The molecule has 1 heterocycles. The highest BCUT2D eigenvalue weighted by molar-refractivity contribution is 7.80. The second-order valence-electron chi connectivity index (χ2n) is 8.34. The molecule has 0 radical (unpaired) electrons. The van der Waals surface area contributed by atoms with Gasteiger partial charge in [0, 0.05) is 29.3 Å². The SMILES string of the molecule is CC(N)C(=O)NC(CS)C(=O)NC(Cc1c[nH]c2ccccc12)C(=O)NC(CCCCN)C(=O)O. The van der Waals surface area contributed by atoms with Gasteiger partial charge < -0.3 is 37.5 Å². The fraction of sp³-hybridized carbons (Fsp3) is 0.478. The first kappa shape index (κ1) is 28.1. The first-order chi connectivity index (χ1) is 16.7. The zero-order chi connectivity index (χ0) is 26.0. The molecule has 0 aliphatic rings. The molecule has 11 nitrogen and oxygen atoms in total. The minimum Gasteiger partial charge on any atom is -0.480 e. The lowest BCUT2D eigenvalue weighted by molar-refractivity contribution is -0.142. The van der Waals surface area contributed by atoms with Crippen LogP contribution in [0.4, 0.5) is 0 Å². The number of carbonyl (C=O) groups excluding carboxylic acids is 3. The van der Waals surface area contributed by atoms with Gasteiger partial charge in [-0.3, -0.25) is 14.4 Å². The second-order valence-corrected chi connectivity index (χ2v) is 8.71. The van der Waals surface area contributed by atoms with Crippen molar-refractivity contribution in [3.63, 3.8) is 0 Å². The van der Waals surface area contributed by atoms with Gasteiger partial charge in [0.25, 0.3) is 0 Å². The Bertz CT molecular complexity index is 1030. The van der Waals surface area contributed by atoms with Crippen molar-refractivity contribution in [3.8, 4) is 0 Å². The Kier molecular flexibility index (Phi) is 11.0. The number of rotatable bonds is 14. The number of amides is 3. The fourth-order valence-electron chi connectivity index (χ4n) is 3.52. The largest absolute Gasteiger partial charge is 0.480 e. The Morgan fingerprint density at radius 3 is 2.26 bits per heavy atom. The van der Waals surface area contributed by atoms with E-state index >= 15 is 0 Å². The van der Waals surface area contributed by atoms with Crippen molar-refractivity contribution in [1.29, 1.82) is 0 Å². The molecular formula is C23H34N6O5S. The van der Waals surface area contributed by atoms with Gasteiger partial charge in [-0.1, -0.05) is 18.2 Å². The first-order valence-corrected chi connectivity index (χ1v) is 12.1. The van der Waals surface area contributed by atoms with Crippen molar-refractivity contribution in [3.05, 3.63) is 36.0 Å². The number of carboxylic acids is 1. The van der Waals surface area contributed by atoms with Crippen LogP contribution < -0.4 is 27.4 Å². The van der Waals surface area contributed by atoms with Gasteiger partial charge in [-0.15, -0.1) is 0 Å². The normalized spacial score (nSPS) is 14.5. The van der Waals surface area contributed by atoms with E-state index in [9.17, 15) is 24.3 Å². The predicted molar refractivity (Wildman–Crippen MR) is 136 cm³/mol. The Hall–Kier alpha value is -3.09. The fourth-order valence-corrected chi connectivity index (χ4v) is 3.78. The summed E-state index contributed by atoms with van der Waals surface area (Å²) in [4.78, 5) is 52.9. The number of hydrogen-bond acceptors (Lipinski definition) is 7. The Labute approximate surface area is 209 Å². The Morgan fingerprint density at radius 2 is 1.63 bits per heavy atom. The van der Waals surface area contributed by atoms with E-state index in [4.69, 9.17) is 11.5 Å². The van der Waals surface area contributed by atoms with E-state index < -0.39 is 47.9 Å². The van der Waals surface area contributed by atoms with Gasteiger partial charge in [0.1, 0.15) is 18.1 Å². The maximum atomic E-state index is 13.2. The number of nitrogens with two attached hydrogens (primary N) is 2. The molecule has 3 amide bonds. The van der Waals surface area contributed by atoms with Gasteiger partial charge in [0.05, 0.1) is 6.04 Å². The first-order valence-electron chi connectivity index (χ1n) is 11.4. The van der Waals surface area contributed by atoms with Crippen LogP contribution >= 0.6 is 12.6 Å². The lowest BCUT2D eigenvalue weighted by Gasteiger charge is -2.24. The summed E-state index contributed by atoms with van der Waals surface area (Å²) in [5, 5.41) is 18.1. The molecule has 0 aliphatic carbocycles. The van der Waals surface area contributed by atoms with Crippen LogP contribution in [0, 0.1) is 0 Å². The lowest BCUT2D eigenvalue weighted by atomic mass is 10.0. The topological polar surface area (TPSA) is 192 Å². The maximum absolute atomic E-state index is 13.2. The summed E-state index contributed by atoms with van der Waals surface area (Å²) in [6.07, 6.45) is 3.18. The molecular weight excluding hydrogens is 472 g/mol. The number of aromatic nitrogens is 1. The van der Waals surface area contributed by atoms with E-state index in [0.717, 1.165) is 16.5 Å². The lowest BCUT2D eigenvalue weighted by Crippen LogP contribution is -2.58. The number of carbonyl (C=O) groups is 4. The molecule has 0 saturated heterocycles. The van der Waals surface area contributed by atoms with Gasteiger partial charge in [-0.2, -0.15) is 12.6 Å². The molecule has 0 fully saturated rings. The number of unbranched alkanes of at least 4 members (excludes halogenated alkanes) is 1. The highest BCUT2D eigenvalue weighted by Crippen LogP contribution is 2.19. The molecule has 0 saturated carbocycles. The summed E-state index contributed by atoms with van der Waals surface area (Å²) in [7, 11) is 0. The molecule has 0 aliphatic heterocycles. The van der Waals surface area contributed by atoms with Crippen LogP contribution in [0.5, 0.6) is 0 Å². The van der Waals surface area contributed by atoms with Crippen LogP contribution in [0.3, 0.4) is 0 Å². The molecule has 4 atom stereocenters. The summed E-state index contributed by atoms with van der Waals surface area (Å²) < 4.78 is 0.